The first kappa shape index (κ1) is 18.3. The van der Waals surface area contributed by atoms with E-state index in [2.05, 4.69) is 55.5 Å². The minimum absolute atomic E-state index is 0.142. The van der Waals surface area contributed by atoms with Crippen molar-refractivity contribution in [2.24, 2.45) is 0 Å². The van der Waals surface area contributed by atoms with Crippen LogP contribution in [0.4, 0.5) is 0 Å². The van der Waals surface area contributed by atoms with Crippen molar-refractivity contribution in [3.63, 3.8) is 0 Å². The Bertz CT molecular complexity index is 899. The van der Waals surface area contributed by atoms with E-state index in [1.54, 1.807) is 24.8 Å². The molecule has 1 aromatic carbocycles. The minimum atomic E-state index is -0.142. The van der Waals surface area contributed by atoms with Crippen LogP contribution in [0.15, 0.2) is 67.3 Å². The Morgan fingerprint density at radius 2 is 1.89 bits per heavy atom. The van der Waals surface area contributed by atoms with E-state index in [0.29, 0.717) is 23.9 Å². The highest BCUT2D eigenvalue weighted by molar-refractivity contribution is 5.93. The smallest absolute Gasteiger partial charge is 0.254 e. The second kappa shape index (κ2) is 8.71. The number of aromatic nitrogens is 3. The van der Waals surface area contributed by atoms with Gasteiger partial charge in [-0.05, 0) is 36.6 Å². The molecular formula is C22H23N5O. The van der Waals surface area contributed by atoms with Gasteiger partial charge in [0.15, 0.2) is 5.82 Å². The van der Waals surface area contributed by atoms with Crippen LogP contribution in [0, 0.1) is 0 Å². The summed E-state index contributed by atoms with van der Waals surface area (Å²) in [6, 6.07) is 14.4. The van der Waals surface area contributed by atoms with Gasteiger partial charge in [0.2, 0.25) is 0 Å². The van der Waals surface area contributed by atoms with Crippen molar-refractivity contribution in [3.05, 3.63) is 78.4 Å². The number of likely N-dealkylation sites (tertiary alicyclic amines) is 1. The van der Waals surface area contributed by atoms with Crippen LogP contribution >= 0.6 is 0 Å². The molecule has 1 fully saturated rings. The molecule has 0 radical (unpaired) electrons. The molecule has 2 aromatic heterocycles. The van der Waals surface area contributed by atoms with Crippen molar-refractivity contribution in [2.75, 3.05) is 26.2 Å². The molecule has 0 spiro atoms. The van der Waals surface area contributed by atoms with Crippen molar-refractivity contribution >= 4 is 5.91 Å². The first-order valence-corrected chi connectivity index (χ1v) is 9.57. The predicted molar refractivity (Wildman–Crippen MR) is 108 cm³/mol. The van der Waals surface area contributed by atoms with E-state index >= 15 is 0 Å². The largest absolute Gasteiger partial charge is 0.351 e. The Labute approximate surface area is 164 Å². The third kappa shape index (κ3) is 4.40. The maximum absolute atomic E-state index is 12.3. The number of amides is 1. The van der Waals surface area contributed by atoms with E-state index in [1.165, 1.54) is 12.0 Å². The second-order valence-electron chi connectivity index (χ2n) is 6.99. The molecule has 1 aliphatic heterocycles. The highest BCUT2D eigenvalue weighted by Crippen LogP contribution is 2.26. The van der Waals surface area contributed by atoms with Crippen LogP contribution in [0.5, 0.6) is 0 Å². The van der Waals surface area contributed by atoms with E-state index < -0.39 is 0 Å². The maximum atomic E-state index is 12.3. The number of hydrogen-bond acceptors (Lipinski definition) is 5. The summed E-state index contributed by atoms with van der Waals surface area (Å²) >= 11 is 0. The van der Waals surface area contributed by atoms with Gasteiger partial charge in [0.1, 0.15) is 0 Å². The summed E-state index contributed by atoms with van der Waals surface area (Å²) in [4.78, 5) is 27.3. The molecule has 0 saturated carbocycles. The van der Waals surface area contributed by atoms with E-state index in [-0.39, 0.29) is 5.91 Å². The van der Waals surface area contributed by atoms with Crippen molar-refractivity contribution < 1.29 is 4.79 Å². The summed E-state index contributed by atoms with van der Waals surface area (Å²) in [5, 5.41) is 2.97. The molecule has 0 aliphatic carbocycles. The highest BCUT2D eigenvalue weighted by atomic mass is 16.1. The zero-order valence-corrected chi connectivity index (χ0v) is 15.7. The van der Waals surface area contributed by atoms with Gasteiger partial charge < -0.3 is 10.2 Å². The molecular weight excluding hydrogens is 350 g/mol. The van der Waals surface area contributed by atoms with Crippen LogP contribution < -0.4 is 5.32 Å². The average Bonchev–Trinajstić information content (AvgIpc) is 3.24. The number of nitrogens with one attached hydrogen (secondary N) is 1. The van der Waals surface area contributed by atoms with Crippen molar-refractivity contribution in [2.45, 2.75) is 12.3 Å². The van der Waals surface area contributed by atoms with Crippen LogP contribution in [0.25, 0.3) is 11.4 Å². The fourth-order valence-corrected chi connectivity index (χ4v) is 3.55. The molecule has 28 heavy (non-hydrogen) atoms. The van der Waals surface area contributed by atoms with Crippen molar-refractivity contribution in [1.29, 1.82) is 0 Å². The molecule has 1 atom stereocenters. The van der Waals surface area contributed by atoms with Crippen LogP contribution in [0.2, 0.25) is 0 Å². The third-order valence-corrected chi connectivity index (χ3v) is 5.09. The highest BCUT2D eigenvalue weighted by Gasteiger charge is 2.23. The lowest BCUT2D eigenvalue weighted by atomic mass is 9.99. The van der Waals surface area contributed by atoms with Gasteiger partial charge in [-0.1, -0.05) is 30.3 Å². The summed E-state index contributed by atoms with van der Waals surface area (Å²) in [6.07, 6.45) is 7.70. The summed E-state index contributed by atoms with van der Waals surface area (Å²) in [6.45, 7) is 3.58. The Morgan fingerprint density at radius 1 is 1.07 bits per heavy atom. The lowest BCUT2D eigenvalue weighted by Gasteiger charge is -2.16. The molecule has 0 bridgehead atoms. The third-order valence-electron chi connectivity index (χ3n) is 5.09. The van der Waals surface area contributed by atoms with E-state index in [4.69, 9.17) is 0 Å². The maximum Gasteiger partial charge on any atom is 0.254 e. The number of nitrogens with zero attached hydrogens (tertiary/aromatic N) is 4. The van der Waals surface area contributed by atoms with Gasteiger partial charge >= 0.3 is 0 Å². The first-order chi connectivity index (χ1) is 13.8. The zero-order valence-electron chi connectivity index (χ0n) is 15.7. The molecule has 3 aromatic rings. The predicted octanol–water partition coefficient (Wildman–Crippen LogP) is 2.76. The van der Waals surface area contributed by atoms with E-state index in [1.807, 2.05) is 12.1 Å². The summed E-state index contributed by atoms with van der Waals surface area (Å²) in [7, 11) is 0. The zero-order chi connectivity index (χ0) is 19.2. The van der Waals surface area contributed by atoms with Gasteiger partial charge in [-0.2, -0.15) is 0 Å². The number of rotatable bonds is 6. The van der Waals surface area contributed by atoms with Gasteiger partial charge in [0, 0.05) is 50.0 Å². The topological polar surface area (TPSA) is 71.0 Å². The lowest BCUT2D eigenvalue weighted by Crippen LogP contribution is -2.33. The molecule has 6 heteroatoms. The monoisotopic (exact) mass is 373 g/mol. The quantitative estimate of drug-likeness (QED) is 0.719. The minimum Gasteiger partial charge on any atom is -0.351 e. The van der Waals surface area contributed by atoms with Gasteiger partial charge in [-0.25, -0.2) is 9.97 Å². The Kier molecular flexibility index (Phi) is 5.68. The SMILES string of the molecule is O=C(NCCN1CC[C@@H](c2ccccc2)C1)c1cnc(-c2cccnc2)nc1. The Morgan fingerprint density at radius 3 is 2.64 bits per heavy atom. The summed E-state index contributed by atoms with van der Waals surface area (Å²) < 4.78 is 0. The number of carbonyl (C=O) groups is 1. The Hall–Kier alpha value is -3.12. The van der Waals surface area contributed by atoms with Gasteiger partial charge in [0.05, 0.1) is 5.56 Å². The first-order valence-electron chi connectivity index (χ1n) is 9.57. The van der Waals surface area contributed by atoms with E-state index in [0.717, 1.165) is 25.2 Å². The summed E-state index contributed by atoms with van der Waals surface area (Å²) in [5.41, 5.74) is 2.70. The number of carbonyl (C=O) groups excluding carboxylic acids is 1. The molecule has 1 N–H and O–H groups in total. The number of benzene rings is 1. The van der Waals surface area contributed by atoms with Crippen LogP contribution in [0.3, 0.4) is 0 Å². The number of pyridine rings is 1. The summed E-state index contributed by atoms with van der Waals surface area (Å²) in [5.74, 6) is 1.01. The van der Waals surface area contributed by atoms with Crippen molar-refractivity contribution in [1.82, 2.24) is 25.2 Å². The van der Waals surface area contributed by atoms with E-state index in [9.17, 15) is 4.79 Å². The Balaban J connectivity index is 1.25. The fraction of sp³-hybridized carbons (Fsp3) is 0.273. The molecule has 1 aliphatic rings. The van der Waals surface area contributed by atoms with Crippen LogP contribution in [-0.2, 0) is 0 Å². The normalized spacial score (nSPS) is 16.8. The van der Waals surface area contributed by atoms with Gasteiger partial charge in [0.25, 0.3) is 5.91 Å². The lowest BCUT2D eigenvalue weighted by molar-refractivity contribution is 0.0949. The number of hydrogen-bond donors (Lipinski definition) is 1. The molecule has 1 saturated heterocycles. The standard InChI is InChI=1S/C22H23N5O/c28-22(20-14-25-21(26-15-20)18-7-4-9-23-13-18)24-10-12-27-11-8-19(16-27)17-5-2-1-3-6-17/h1-7,9,13-15,19H,8,10-12,16H2,(H,24,28)/t19-/m1/s1. The second-order valence-corrected chi connectivity index (χ2v) is 6.99. The molecule has 3 heterocycles. The average molecular weight is 373 g/mol. The van der Waals surface area contributed by atoms with Gasteiger partial charge in [-0.3, -0.25) is 9.78 Å². The van der Waals surface area contributed by atoms with Crippen LogP contribution in [0.1, 0.15) is 28.3 Å². The molecule has 6 nitrogen and oxygen atoms in total. The molecule has 1 amide bonds. The molecule has 4 rings (SSSR count). The van der Waals surface area contributed by atoms with Crippen LogP contribution in [-0.4, -0.2) is 51.9 Å². The molecule has 0 unspecified atom stereocenters. The van der Waals surface area contributed by atoms with Gasteiger partial charge in [-0.15, -0.1) is 0 Å². The molecule has 142 valence electrons. The van der Waals surface area contributed by atoms with Crippen molar-refractivity contribution in [3.8, 4) is 11.4 Å². The fourth-order valence-electron chi connectivity index (χ4n) is 3.55.